The van der Waals surface area contributed by atoms with Gasteiger partial charge in [0.25, 0.3) is 5.56 Å². The molecule has 4 rings (SSSR count). The van der Waals surface area contributed by atoms with Crippen molar-refractivity contribution in [1.29, 1.82) is 0 Å². The average Bonchev–Trinajstić information content (AvgIpc) is 2.81. The monoisotopic (exact) mass is 447 g/mol. The van der Waals surface area contributed by atoms with Crippen LogP contribution in [0.1, 0.15) is 16.7 Å². The summed E-state index contributed by atoms with van der Waals surface area (Å²) in [7, 11) is 0. The molecule has 0 fully saturated rings. The first-order chi connectivity index (χ1) is 15.5. The van der Waals surface area contributed by atoms with Crippen molar-refractivity contribution in [1.82, 2.24) is 14.9 Å². The number of benzene rings is 3. The van der Waals surface area contributed by atoms with Crippen molar-refractivity contribution < 1.29 is 9.18 Å². The van der Waals surface area contributed by atoms with Gasteiger partial charge in [-0.25, -0.2) is 9.37 Å². The van der Waals surface area contributed by atoms with E-state index in [1.807, 2.05) is 42.5 Å². The molecule has 1 N–H and O–H groups in total. The van der Waals surface area contributed by atoms with E-state index < -0.39 is 0 Å². The second kappa shape index (κ2) is 9.78. The third kappa shape index (κ3) is 5.06. The van der Waals surface area contributed by atoms with Crippen molar-refractivity contribution in [2.45, 2.75) is 25.2 Å². The summed E-state index contributed by atoms with van der Waals surface area (Å²) in [5.74, 6) is -0.422. The highest BCUT2D eigenvalue weighted by Gasteiger charge is 2.14. The SMILES string of the molecule is Cc1ccc(CNC(=O)CSc2nc3ccccc3c(=O)n2Cc2ccccc2)cc1F. The van der Waals surface area contributed by atoms with Gasteiger partial charge in [-0.2, -0.15) is 0 Å². The molecule has 0 saturated heterocycles. The molecule has 5 nitrogen and oxygen atoms in total. The zero-order valence-corrected chi connectivity index (χ0v) is 18.4. The molecule has 32 heavy (non-hydrogen) atoms. The van der Waals surface area contributed by atoms with Gasteiger partial charge in [-0.1, -0.05) is 66.4 Å². The molecule has 0 bridgehead atoms. The number of para-hydroxylation sites is 1. The molecule has 3 aromatic carbocycles. The predicted octanol–water partition coefficient (Wildman–Crippen LogP) is 4.30. The Morgan fingerprint density at radius 2 is 1.78 bits per heavy atom. The van der Waals surface area contributed by atoms with Crippen LogP contribution < -0.4 is 10.9 Å². The number of hydrogen-bond donors (Lipinski definition) is 1. The molecule has 0 aliphatic heterocycles. The molecule has 1 amide bonds. The Morgan fingerprint density at radius 3 is 2.56 bits per heavy atom. The van der Waals surface area contributed by atoms with Crippen molar-refractivity contribution in [3.63, 3.8) is 0 Å². The van der Waals surface area contributed by atoms with Gasteiger partial charge in [0.1, 0.15) is 5.82 Å². The minimum atomic E-state index is -0.295. The number of nitrogens with one attached hydrogen (secondary N) is 1. The zero-order valence-electron chi connectivity index (χ0n) is 17.5. The lowest BCUT2D eigenvalue weighted by molar-refractivity contribution is -0.118. The second-order valence-corrected chi connectivity index (χ2v) is 8.38. The lowest BCUT2D eigenvalue weighted by atomic mass is 10.1. The van der Waals surface area contributed by atoms with E-state index in [0.717, 1.165) is 5.56 Å². The van der Waals surface area contributed by atoms with Crippen LogP contribution in [0.4, 0.5) is 4.39 Å². The first-order valence-corrected chi connectivity index (χ1v) is 11.2. The number of carbonyl (C=O) groups is 1. The summed E-state index contributed by atoms with van der Waals surface area (Å²) < 4.78 is 15.3. The molecule has 7 heteroatoms. The number of hydrogen-bond acceptors (Lipinski definition) is 4. The Balaban J connectivity index is 1.52. The summed E-state index contributed by atoms with van der Waals surface area (Å²) in [6, 6.07) is 21.7. The smallest absolute Gasteiger partial charge is 0.262 e. The number of rotatable bonds is 7. The number of halogens is 1. The van der Waals surface area contributed by atoms with E-state index >= 15 is 0 Å². The van der Waals surface area contributed by atoms with Gasteiger partial charge in [0.05, 0.1) is 23.2 Å². The molecule has 0 spiro atoms. The Morgan fingerprint density at radius 1 is 1.03 bits per heavy atom. The van der Waals surface area contributed by atoms with E-state index in [9.17, 15) is 14.0 Å². The molecule has 0 aliphatic carbocycles. The zero-order chi connectivity index (χ0) is 22.5. The lowest BCUT2D eigenvalue weighted by Crippen LogP contribution is -2.27. The van der Waals surface area contributed by atoms with Crippen LogP contribution in [0.2, 0.25) is 0 Å². The minimum Gasteiger partial charge on any atom is -0.351 e. The molecule has 4 aromatic rings. The van der Waals surface area contributed by atoms with Gasteiger partial charge in [-0.05, 0) is 41.8 Å². The fourth-order valence-electron chi connectivity index (χ4n) is 3.29. The molecule has 0 aliphatic rings. The summed E-state index contributed by atoms with van der Waals surface area (Å²) in [6.45, 7) is 2.29. The maximum atomic E-state index is 13.7. The van der Waals surface area contributed by atoms with Crippen LogP contribution in [0, 0.1) is 12.7 Å². The summed E-state index contributed by atoms with van der Waals surface area (Å²) in [5.41, 5.74) is 2.68. The summed E-state index contributed by atoms with van der Waals surface area (Å²) >= 11 is 1.21. The highest BCUT2D eigenvalue weighted by atomic mass is 32.2. The van der Waals surface area contributed by atoms with Crippen molar-refractivity contribution >= 4 is 28.6 Å². The second-order valence-electron chi connectivity index (χ2n) is 7.44. The van der Waals surface area contributed by atoms with E-state index in [1.165, 1.54) is 17.8 Å². The summed E-state index contributed by atoms with van der Waals surface area (Å²) in [5, 5.41) is 3.82. The number of amides is 1. The highest BCUT2D eigenvalue weighted by molar-refractivity contribution is 7.99. The quantitative estimate of drug-likeness (QED) is 0.339. The lowest BCUT2D eigenvalue weighted by Gasteiger charge is -2.13. The van der Waals surface area contributed by atoms with Gasteiger partial charge in [0, 0.05) is 6.54 Å². The molecule has 0 radical (unpaired) electrons. The largest absolute Gasteiger partial charge is 0.351 e. The standard InChI is InChI=1S/C25H22FN3O2S/c1-17-11-12-19(13-21(17)26)14-27-23(30)16-32-25-28-22-10-6-5-9-20(22)24(31)29(25)15-18-7-3-2-4-8-18/h2-13H,14-16H2,1H3,(H,27,30). The van der Waals surface area contributed by atoms with Crippen LogP contribution in [0.5, 0.6) is 0 Å². The van der Waals surface area contributed by atoms with Gasteiger partial charge in [0.2, 0.25) is 5.91 Å². The number of fused-ring (bicyclic) bond motifs is 1. The number of carbonyl (C=O) groups excluding carboxylic acids is 1. The van der Waals surface area contributed by atoms with Crippen LogP contribution in [0.15, 0.2) is 82.7 Å². The molecule has 0 saturated carbocycles. The predicted molar refractivity (Wildman–Crippen MR) is 125 cm³/mol. The summed E-state index contributed by atoms with van der Waals surface area (Å²) in [4.78, 5) is 30.2. The third-order valence-corrected chi connectivity index (χ3v) is 6.04. The van der Waals surface area contributed by atoms with Crippen molar-refractivity contribution in [3.8, 4) is 0 Å². The maximum absolute atomic E-state index is 13.7. The Bertz CT molecular complexity index is 1320. The Labute approximate surface area is 189 Å². The molecular weight excluding hydrogens is 425 g/mol. The Hall–Kier alpha value is -3.45. The van der Waals surface area contributed by atoms with Gasteiger partial charge in [0.15, 0.2) is 5.16 Å². The number of aromatic nitrogens is 2. The van der Waals surface area contributed by atoms with E-state index in [1.54, 1.807) is 35.8 Å². The van der Waals surface area contributed by atoms with Crippen LogP contribution >= 0.6 is 11.8 Å². The number of nitrogens with zero attached hydrogens (tertiary/aromatic N) is 2. The summed E-state index contributed by atoms with van der Waals surface area (Å²) in [6.07, 6.45) is 0. The molecular formula is C25H22FN3O2S. The third-order valence-electron chi connectivity index (χ3n) is 5.07. The number of aryl methyl sites for hydroxylation is 1. The van der Waals surface area contributed by atoms with E-state index in [4.69, 9.17) is 0 Å². The first-order valence-electron chi connectivity index (χ1n) is 10.2. The normalized spacial score (nSPS) is 10.9. The van der Waals surface area contributed by atoms with Crippen LogP contribution in [0.25, 0.3) is 10.9 Å². The van der Waals surface area contributed by atoms with Crippen molar-refractivity contribution in [2.24, 2.45) is 0 Å². The van der Waals surface area contributed by atoms with Crippen molar-refractivity contribution in [3.05, 3.63) is 106 Å². The van der Waals surface area contributed by atoms with Gasteiger partial charge in [-0.3, -0.25) is 14.2 Å². The fourth-order valence-corrected chi connectivity index (χ4v) is 4.12. The topological polar surface area (TPSA) is 64.0 Å². The molecule has 162 valence electrons. The van der Waals surface area contributed by atoms with Crippen LogP contribution in [-0.4, -0.2) is 21.2 Å². The van der Waals surface area contributed by atoms with Gasteiger partial charge >= 0.3 is 0 Å². The molecule has 0 unspecified atom stereocenters. The fraction of sp³-hybridized carbons (Fsp3) is 0.160. The van der Waals surface area contributed by atoms with E-state index in [0.29, 0.717) is 33.7 Å². The average molecular weight is 448 g/mol. The van der Waals surface area contributed by atoms with Gasteiger partial charge < -0.3 is 5.32 Å². The van der Waals surface area contributed by atoms with Gasteiger partial charge in [-0.15, -0.1) is 0 Å². The van der Waals surface area contributed by atoms with Crippen LogP contribution in [0.3, 0.4) is 0 Å². The molecule has 1 aromatic heterocycles. The minimum absolute atomic E-state index is 0.0912. The van der Waals surface area contributed by atoms with E-state index in [-0.39, 0.29) is 29.6 Å². The first kappa shape index (κ1) is 21.8. The van der Waals surface area contributed by atoms with E-state index in [2.05, 4.69) is 10.3 Å². The molecule has 0 atom stereocenters. The Kier molecular flexibility index (Phi) is 6.66. The van der Waals surface area contributed by atoms with Crippen molar-refractivity contribution in [2.75, 3.05) is 5.75 Å². The van der Waals surface area contributed by atoms with Crippen LogP contribution in [-0.2, 0) is 17.9 Å². The number of thioether (sulfide) groups is 1. The maximum Gasteiger partial charge on any atom is 0.262 e. The molecule has 1 heterocycles. The highest BCUT2D eigenvalue weighted by Crippen LogP contribution is 2.19.